The van der Waals surface area contributed by atoms with E-state index in [1.165, 1.54) is 10.7 Å². The first-order valence-electron chi connectivity index (χ1n) is 8.68. The topological polar surface area (TPSA) is 68.5 Å². The largest absolute Gasteiger partial charge is 0.364 e. The van der Waals surface area contributed by atoms with Crippen molar-refractivity contribution >= 4 is 42.1 Å². The van der Waals surface area contributed by atoms with Gasteiger partial charge < -0.3 is 15.4 Å². The third-order valence-corrected chi connectivity index (χ3v) is 5.88. The number of nitrogens with zero attached hydrogens (tertiary/aromatic N) is 2. The van der Waals surface area contributed by atoms with Crippen molar-refractivity contribution in [1.29, 1.82) is 0 Å². The van der Waals surface area contributed by atoms with Gasteiger partial charge in [0, 0.05) is 30.9 Å². The van der Waals surface area contributed by atoms with Gasteiger partial charge in [-0.05, 0) is 31.6 Å². The van der Waals surface area contributed by atoms with Crippen LogP contribution >= 0.6 is 36.2 Å². The lowest BCUT2D eigenvalue weighted by atomic mass is 9.98. The maximum Gasteiger partial charge on any atom is 0.251 e. The second-order valence-electron chi connectivity index (χ2n) is 6.95. The zero-order chi connectivity index (χ0) is 16.4. The fourth-order valence-electron chi connectivity index (χ4n) is 3.40. The number of amides is 1. The lowest BCUT2D eigenvalue weighted by Gasteiger charge is -2.33. The summed E-state index contributed by atoms with van der Waals surface area (Å²) in [7, 11) is 0. The molecule has 8 heteroatoms. The summed E-state index contributed by atoms with van der Waals surface area (Å²) in [6.45, 7) is 6.45. The van der Waals surface area contributed by atoms with Crippen molar-refractivity contribution in [3.8, 4) is 0 Å². The van der Waals surface area contributed by atoms with Crippen LogP contribution in [0.25, 0.3) is 0 Å². The van der Waals surface area contributed by atoms with E-state index >= 15 is 0 Å². The van der Waals surface area contributed by atoms with Crippen molar-refractivity contribution in [2.75, 3.05) is 19.6 Å². The highest BCUT2D eigenvalue weighted by Gasteiger charge is 2.35. The van der Waals surface area contributed by atoms with Crippen LogP contribution in [-0.4, -0.2) is 47.6 Å². The van der Waals surface area contributed by atoms with Crippen LogP contribution in [0, 0.1) is 0 Å². The van der Waals surface area contributed by atoms with Gasteiger partial charge in [-0.25, -0.2) is 4.98 Å². The molecule has 2 aliphatic rings. The number of ether oxygens (including phenoxy) is 1. The van der Waals surface area contributed by atoms with Gasteiger partial charge in [-0.15, -0.1) is 36.2 Å². The molecule has 0 saturated carbocycles. The third kappa shape index (κ3) is 5.30. The van der Waals surface area contributed by atoms with E-state index < -0.39 is 0 Å². The number of hydrogen-bond donors (Lipinski definition) is 1. The molecule has 1 aromatic heterocycles. The van der Waals surface area contributed by atoms with Crippen LogP contribution in [0.1, 0.15) is 62.1 Å². The molecule has 1 unspecified atom stereocenters. The molecule has 144 valence electrons. The number of piperidine rings is 1. The monoisotopic (exact) mass is 409 g/mol. The maximum atomic E-state index is 12.7. The number of thiazole rings is 1. The van der Waals surface area contributed by atoms with Gasteiger partial charge in [0.2, 0.25) is 0 Å². The Kier molecular flexibility index (Phi) is 9.12. The number of carbonyl (C=O) groups excluding carboxylic acids is 1. The molecule has 2 aliphatic heterocycles. The summed E-state index contributed by atoms with van der Waals surface area (Å²) in [5.74, 6) is 0.976. The van der Waals surface area contributed by atoms with E-state index in [9.17, 15) is 4.79 Å². The number of hydrogen-bond acceptors (Lipinski definition) is 5. The minimum absolute atomic E-state index is 0. The van der Waals surface area contributed by atoms with Gasteiger partial charge in [-0.2, -0.15) is 0 Å². The van der Waals surface area contributed by atoms with Gasteiger partial charge in [-0.1, -0.05) is 13.8 Å². The predicted molar refractivity (Wildman–Crippen MR) is 106 cm³/mol. The van der Waals surface area contributed by atoms with Crippen molar-refractivity contribution in [2.24, 2.45) is 5.73 Å². The molecule has 3 atom stereocenters. The average Bonchev–Trinajstić information content (AvgIpc) is 3.23. The van der Waals surface area contributed by atoms with E-state index in [-0.39, 0.29) is 42.9 Å². The lowest BCUT2D eigenvalue weighted by molar-refractivity contribution is -0.144. The van der Waals surface area contributed by atoms with Crippen LogP contribution in [0.15, 0.2) is 5.38 Å². The Balaban J connectivity index is 0.00000156. The van der Waals surface area contributed by atoms with Crippen LogP contribution in [-0.2, 0) is 9.53 Å². The van der Waals surface area contributed by atoms with Gasteiger partial charge in [0.1, 0.15) is 6.10 Å². The van der Waals surface area contributed by atoms with E-state index in [1.807, 2.05) is 4.90 Å². The van der Waals surface area contributed by atoms with Crippen LogP contribution in [0.4, 0.5) is 0 Å². The number of carbonyl (C=O) groups is 1. The number of rotatable bonds is 4. The molecule has 0 radical (unpaired) electrons. The van der Waals surface area contributed by atoms with Crippen molar-refractivity contribution in [2.45, 2.75) is 63.6 Å². The summed E-state index contributed by atoms with van der Waals surface area (Å²) in [6, 6.07) is 0. The standard InChI is InChI=1S/C17H27N3O2S.2ClH/c1-11(2)14-10-23-16(19-14)12-4-3-7-20(9-12)17(21)15-6-5-13(8-18)22-15;;/h10-13,15H,3-9,18H2,1-2H3;2*1H/t12?,13-,15+;;/m1../s1. The summed E-state index contributed by atoms with van der Waals surface area (Å²) in [4.78, 5) is 19.5. The van der Waals surface area contributed by atoms with Crippen LogP contribution < -0.4 is 5.73 Å². The van der Waals surface area contributed by atoms with Gasteiger partial charge in [0.15, 0.2) is 0 Å². The van der Waals surface area contributed by atoms with Crippen molar-refractivity contribution in [1.82, 2.24) is 9.88 Å². The van der Waals surface area contributed by atoms with Crippen LogP contribution in [0.5, 0.6) is 0 Å². The Morgan fingerprint density at radius 2 is 2.16 bits per heavy atom. The smallest absolute Gasteiger partial charge is 0.251 e. The Hall–Kier alpha value is -0.400. The van der Waals surface area contributed by atoms with Gasteiger partial charge in [0.25, 0.3) is 5.91 Å². The van der Waals surface area contributed by atoms with Gasteiger partial charge >= 0.3 is 0 Å². The highest BCUT2D eigenvalue weighted by molar-refractivity contribution is 7.09. The summed E-state index contributed by atoms with van der Waals surface area (Å²) >= 11 is 1.74. The predicted octanol–water partition coefficient (Wildman–Crippen LogP) is 3.32. The molecule has 0 spiro atoms. The molecule has 3 heterocycles. The molecule has 0 aliphatic carbocycles. The molecule has 2 saturated heterocycles. The molecular weight excluding hydrogens is 381 g/mol. The van der Waals surface area contributed by atoms with Crippen molar-refractivity contribution in [3.05, 3.63) is 16.1 Å². The maximum absolute atomic E-state index is 12.7. The molecule has 25 heavy (non-hydrogen) atoms. The highest BCUT2D eigenvalue weighted by Crippen LogP contribution is 2.32. The summed E-state index contributed by atoms with van der Waals surface area (Å²) in [6.07, 6.45) is 3.62. The average molecular weight is 410 g/mol. The number of likely N-dealkylation sites (tertiary alicyclic amines) is 1. The summed E-state index contributed by atoms with van der Waals surface area (Å²) in [5.41, 5.74) is 6.81. The molecule has 1 amide bonds. The second kappa shape index (κ2) is 10.1. The fraction of sp³-hybridized carbons (Fsp3) is 0.765. The minimum atomic E-state index is -0.287. The van der Waals surface area contributed by atoms with E-state index in [2.05, 4.69) is 19.2 Å². The lowest BCUT2D eigenvalue weighted by Crippen LogP contribution is -2.44. The van der Waals surface area contributed by atoms with E-state index in [4.69, 9.17) is 15.5 Å². The Bertz CT molecular complexity index is 556. The summed E-state index contributed by atoms with van der Waals surface area (Å²) < 4.78 is 5.77. The molecule has 1 aromatic rings. The number of aromatic nitrogens is 1. The molecule has 0 aromatic carbocycles. The SMILES string of the molecule is CC(C)c1csc(C2CCCN(C(=O)[C@@H]3CC[C@H](CN)O3)C2)n1.Cl.Cl. The van der Waals surface area contributed by atoms with Crippen LogP contribution in [0.2, 0.25) is 0 Å². The first-order chi connectivity index (χ1) is 11.1. The van der Waals surface area contributed by atoms with Crippen molar-refractivity contribution in [3.63, 3.8) is 0 Å². The van der Waals surface area contributed by atoms with E-state index in [0.29, 0.717) is 18.4 Å². The molecule has 5 nitrogen and oxygen atoms in total. The minimum Gasteiger partial charge on any atom is -0.364 e. The van der Waals surface area contributed by atoms with Gasteiger partial charge in [0.05, 0.1) is 16.8 Å². The number of nitrogens with two attached hydrogens (primary N) is 1. The zero-order valence-electron chi connectivity index (χ0n) is 14.8. The Morgan fingerprint density at radius 1 is 1.40 bits per heavy atom. The first kappa shape index (κ1) is 22.6. The first-order valence-corrected chi connectivity index (χ1v) is 9.56. The Morgan fingerprint density at radius 3 is 2.76 bits per heavy atom. The number of halogens is 2. The van der Waals surface area contributed by atoms with E-state index in [0.717, 1.165) is 38.8 Å². The molecular formula is C17H29Cl2N3O2S. The molecule has 2 fully saturated rings. The molecule has 2 N–H and O–H groups in total. The molecule has 3 rings (SSSR count). The zero-order valence-corrected chi connectivity index (χ0v) is 17.3. The summed E-state index contributed by atoms with van der Waals surface area (Å²) in [5, 5.41) is 3.34. The van der Waals surface area contributed by atoms with Crippen molar-refractivity contribution < 1.29 is 9.53 Å². The highest BCUT2D eigenvalue weighted by atomic mass is 35.5. The van der Waals surface area contributed by atoms with Crippen LogP contribution in [0.3, 0.4) is 0 Å². The normalized spacial score (nSPS) is 26.2. The van der Waals surface area contributed by atoms with Gasteiger partial charge in [-0.3, -0.25) is 4.79 Å². The third-order valence-electron chi connectivity index (χ3n) is 4.86. The molecule has 0 bridgehead atoms. The second-order valence-corrected chi connectivity index (χ2v) is 7.84. The van der Waals surface area contributed by atoms with E-state index in [1.54, 1.807) is 11.3 Å². The Labute approximate surface area is 166 Å². The fourth-order valence-corrected chi connectivity index (χ4v) is 4.51. The quantitative estimate of drug-likeness (QED) is 0.827.